The van der Waals surface area contributed by atoms with E-state index in [1.54, 1.807) is 11.0 Å². The molecule has 6 nitrogen and oxygen atoms in total. The number of para-hydroxylation sites is 2. The summed E-state index contributed by atoms with van der Waals surface area (Å²) in [6.45, 7) is 1.16. The number of carbonyl (C=O) groups is 1. The minimum absolute atomic E-state index is 0.134. The number of amidine groups is 2. The molecule has 2 aliphatic rings. The number of fused-ring (bicyclic) bond motifs is 2. The zero-order chi connectivity index (χ0) is 24.5. The quantitative estimate of drug-likeness (QED) is 0.335. The molecule has 176 valence electrons. The van der Waals surface area contributed by atoms with Gasteiger partial charge in [-0.15, -0.1) is 0 Å². The maximum absolute atomic E-state index is 13.0. The Kier molecular flexibility index (Phi) is 5.75. The van der Waals surface area contributed by atoms with Crippen LogP contribution in [0, 0.1) is 5.41 Å². The molecule has 0 bridgehead atoms. The highest BCUT2D eigenvalue weighted by Crippen LogP contribution is 2.37. The van der Waals surface area contributed by atoms with Gasteiger partial charge in [0.2, 0.25) is 0 Å². The molecule has 6 rings (SSSR count). The fraction of sp³-hybridized carbons (Fsp3) is 0.0690. The highest BCUT2D eigenvalue weighted by Gasteiger charge is 2.36. The molecule has 7 heteroatoms. The third-order valence-corrected chi connectivity index (χ3v) is 6.97. The first-order chi connectivity index (χ1) is 17.7. The Balaban J connectivity index is 1.32. The van der Waals surface area contributed by atoms with Crippen LogP contribution in [0.1, 0.15) is 11.1 Å². The Morgan fingerprint density at radius 3 is 2.47 bits per heavy atom. The molecule has 0 spiro atoms. The van der Waals surface area contributed by atoms with Crippen molar-refractivity contribution in [3.8, 4) is 5.75 Å². The third-order valence-electron chi connectivity index (χ3n) is 6.15. The second kappa shape index (κ2) is 9.36. The summed E-state index contributed by atoms with van der Waals surface area (Å²) in [4.78, 5) is 19.0. The molecule has 3 aromatic carbocycles. The number of ether oxygens (including phenoxy) is 1. The Morgan fingerprint density at radius 1 is 0.944 bits per heavy atom. The number of nitrogens with one attached hydrogen (secondary N) is 1. The van der Waals surface area contributed by atoms with Crippen molar-refractivity contribution in [1.82, 2.24) is 9.47 Å². The molecule has 1 N–H and O–H groups in total. The Bertz CT molecular complexity index is 1570. The van der Waals surface area contributed by atoms with E-state index >= 15 is 0 Å². The number of thioether (sulfide) groups is 1. The number of hydrogen-bond acceptors (Lipinski definition) is 4. The molecular formula is C29H22N4O2S. The molecule has 0 aliphatic carbocycles. The molecule has 1 amide bonds. The van der Waals surface area contributed by atoms with Crippen LogP contribution in [0.15, 0.2) is 107 Å². The van der Waals surface area contributed by atoms with Crippen molar-refractivity contribution in [3.63, 3.8) is 0 Å². The summed E-state index contributed by atoms with van der Waals surface area (Å²) >= 11 is 1.37. The molecule has 0 saturated carbocycles. The van der Waals surface area contributed by atoms with Crippen LogP contribution >= 0.6 is 11.8 Å². The summed E-state index contributed by atoms with van der Waals surface area (Å²) in [5, 5.41) is 12.4. The van der Waals surface area contributed by atoms with Gasteiger partial charge >= 0.3 is 0 Å². The van der Waals surface area contributed by atoms with E-state index in [1.165, 1.54) is 11.8 Å². The fourth-order valence-corrected chi connectivity index (χ4v) is 5.31. The predicted octanol–water partition coefficient (Wildman–Crippen LogP) is 6.02. The van der Waals surface area contributed by atoms with E-state index in [0.717, 1.165) is 33.5 Å². The number of amides is 1. The first-order valence-corrected chi connectivity index (χ1v) is 12.5. The van der Waals surface area contributed by atoms with Gasteiger partial charge in [-0.2, -0.15) is 4.99 Å². The minimum Gasteiger partial charge on any atom is -0.492 e. The maximum atomic E-state index is 13.0. The van der Waals surface area contributed by atoms with Crippen molar-refractivity contribution in [2.45, 2.75) is 6.54 Å². The van der Waals surface area contributed by atoms with Crippen LogP contribution in [0.4, 0.5) is 0 Å². The number of nitrogens with zero attached hydrogens (tertiary/aromatic N) is 3. The lowest BCUT2D eigenvalue weighted by Crippen LogP contribution is -2.38. The van der Waals surface area contributed by atoms with Crippen LogP contribution in [0.5, 0.6) is 5.75 Å². The summed E-state index contributed by atoms with van der Waals surface area (Å²) in [5.74, 6) is 0.567. The number of aromatic nitrogens is 1. The average molecular weight is 491 g/mol. The summed E-state index contributed by atoms with van der Waals surface area (Å²) in [6, 6.07) is 27.7. The molecule has 0 atom stereocenters. The van der Waals surface area contributed by atoms with Gasteiger partial charge in [-0.05, 0) is 29.8 Å². The van der Waals surface area contributed by atoms with Gasteiger partial charge in [0.1, 0.15) is 18.2 Å². The molecule has 2 aliphatic heterocycles. The number of carbonyl (C=O) groups excluding carboxylic acids is 1. The van der Waals surface area contributed by atoms with E-state index in [2.05, 4.69) is 15.6 Å². The van der Waals surface area contributed by atoms with Crippen LogP contribution < -0.4 is 4.74 Å². The van der Waals surface area contributed by atoms with E-state index in [4.69, 9.17) is 10.1 Å². The lowest BCUT2D eigenvalue weighted by molar-refractivity contribution is -0.114. The Hall–Kier alpha value is -4.36. The van der Waals surface area contributed by atoms with Crippen molar-refractivity contribution >= 4 is 51.3 Å². The van der Waals surface area contributed by atoms with Gasteiger partial charge in [0, 0.05) is 28.1 Å². The third kappa shape index (κ3) is 4.03. The SMILES string of the molecule is N=C1C(=Cc2cn(CCOc3ccccc3)c3ccccc23)C(=O)N=C2SC=C(c3ccccc3)N12. The van der Waals surface area contributed by atoms with Gasteiger partial charge in [0.05, 0.1) is 17.8 Å². The zero-order valence-corrected chi connectivity index (χ0v) is 20.1. The predicted molar refractivity (Wildman–Crippen MR) is 146 cm³/mol. The monoisotopic (exact) mass is 490 g/mol. The second-order valence-electron chi connectivity index (χ2n) is 8.39. The first kappa shape index (κ1) is 22.1. The van der Waals surface area contributed by atoms with Gasteiger partial charge < -0.3 is 9.30 Å². The van der Waals surface area contributed by atoms with E-state index in [0.29, 0.717) is 18.3 Å². The summed E-state index contributed by atoms with van der Waals surface area (Å²) in [7, 11) is 0. The lowest BCUT2D eigenvalue weighted by atomic mass is 10.1. The van der Waals surface area contributed by atoms with Crippen molar-refractivity contribution in [3.05, 3.63) is 113 Å². The molecular weight excluding hydrogens is 468 g/mol. The second-order valence-corrected chi connectivity index (χ2v) is 9.22. The van der Waals surface area contributed by atoms with Gasteiger partial charge in [-0.3, -0.25) is 15.1 Å². The summed E-state index contributed by atoms with van der Waals surface area (Å²) in [5.41, 5.74) is 4.01. The van der Waals surface area contributed by atoms with Crippen LogP contribution in [0.3, 0.4) is 0 Å². The molecule has 3 heterocycles. The Morgan fingerprint density at radius 2 is 1.67 bits per heavy atom. The van der Waals surface area contributed by atoms with Crippen LogP contribution in [0.25, 0.3) is 22.7 Å². The van der Waals surface area contributed by atoms with E-state index in [1.807, 2.05) is 90.5 Å². The van der Waals surface area contributed by atoms with Gasteiger partial charge in [-0.1, -0.05) is 78.5 Å². The van der Waals surface area contributed by atoms with Crippen LogP contribution in [-0.4, -0.2) is 33.0 Å². The average Bonchev–Trinajstić information content (AvgIpc) is 3.49. The van der Waals surface area contributed by atoms with Crippen LogP contribution in [-0.2, 0) is 11.3 Å². The van der Waals surface area contributed by atoms with Crippen molar-refractivity contribution < 1.29 is 9.53 Å². The van der Waals surface area contributed by atoms with Gasteiger partial charge in [0.15, 0.2) is 5.17 Å². The molecule has 0 saturated heterocycles. The van der Waals surface area contributed by atoms with Crippen molar-refractivity contribution in [1.29, 1.82) is 5.41 Å². The number of aliphatic imine (C=N–C) groups is 1. The summed E-state index contributed by atoms with van der Waals surface area (Å²) in [6.07, 6.45) is 3.80. The first-order valence-electron chi connectivity index (χ1n) is 11.6. The van der Waals surface area contributed by atoms with Gasteiger partial charge in [0.25, 0.3) is 5.91 Å². The smallest absolute Gasteiger partial charge is 0.283 e. The highest BCUT2D eigenvalue weighted by atomic mass is 32.2. The largest absolute Gasteiger partial charge is 0.492 e. The van der Waals surface area contributed by atoms with Crippen LogP contribution in [0.2, 0.25) is 0 Å². The highest BCUT2D eigenvalue weighted by molar-refractivity contribution is 8.17. The Labute approximate surface area is 212 Å². The summed E-state index contributed by atoms with van der Waals surface area (Å²) < 4.78 is 8.02. The maximum Gasteiger partial charge on any atom is 0.283 e. The molecule has 36 heavy (non-hydrogen) atoms. The standard InChI is InChI=1S/C29H22N4O2S/c30-27-24(28(34)31-29-33(27)26(19-36-29)20-9-3-1-4-10-20)17-21-18-32(25-14-8-7-13-23(21)25)15-16-35-22-11-5-2-6-12-22/h1-14,17-19,30H,15-16H2. The molecule has 1 aromatic heterocycles. The van der Waals surface area contributed by atoms with E-state index in [-0.39, 0.29) is 11.4 Å². The zero-order valence-electron chi connectivity index (χ0n) is 19.3. The number of benzene rings is 3. The molecule has 0 unspecified atom stereocenters. The number of hydrogen-bond donors (Lipinski definition) is 1. The molecule has 4 aromatic rings. The molecule has 0 fully saturated rings. The minimum atomic E-state index is -0.397. The van der Waals surface area contributed by atoms with Gasteiger partial charge in [-0.25, -0.2) is 0 Å². The normalized spacial score (nSPS) is 16.3. The number of rotatable bonds is 6. The molecule has 0 radical (unpaired) electrons. The van der Waals surface area contributed by atoms with E-state index < -0.39 is 5.91 Å². The van der Waals surface area contributed by atoms with Crippen molar-refractivity contribution in [2.24, 2.45) is 4.99 Å². The lowest BCUT2D eigenvalue weighted by Gasteiger charge is -2.26. The van der Waals surface area contributed by atoms with E-state index in [9.17, 15) is 4.79 Å². The topological polar surface area (TPSA) is 70.7 Å². The fourth-order valence-electron chi connectivity index (χ4n) is 4.42. The van der Waals surface area contributed by atoms with Crippen molar-refractivity contribution in [2.75, 3.05) is 6.61 Å².